The monoisotopic (exact) mass is 178 g/mol. The van der Waals surface area contributed by atoms with E-state index in [2.05, 4.69) is 27.7 Å². The average molecular weight is 178 g/mol. The molecule has 0 atom stereocenters. The van der Waals surface area contributed by atoms with Gasteiger partial charge in [0.25, 0.3) is 0 Å². The van der Waals surface area contributed by atoms with Gasteiger partial charge in [-0.3, -0.25) is 0 Å². The van der Waals surface area contributed by atoms with Crippen LogP contribution in [0, 0.1) is 5.82 Å². The van der Waals surface area contributed by atoms with Gasteiger partial charge < -0.3 is 0 Å². The number of hydrogen-bond acceptors (Lipinski definition) is 0. The maximum absolute atomic E-state index is 13.5. The summed E-state index contributed by atoms with van der Waals surface area (Å²) in [5.74, 6) is -0.0539. The van der Waals surface area contributed by atoms with E-state index >= 15 is 0 Å². The standard InChI is InChI=1S/C12H15F/c1-11(2)8-6-5-7-9(13)10(8)12(11,3)4/h5-7H,1-4H3. The summed E-state index contributed by atoms with van der Waals surface area (Å²) >= 11 is 0. The zero-order valence-corrected chi connectivity index (χ0v) is 8.61. The molecule has 0 bridgehead atoms. The average Bonchev–Trinajstić information content (AvgIpc) is 2.03. The van der Waals surface area contributed by atoms with Gasteiger partial charge in [-0.2, -0.15) is 0 Å². The Kier molecular flexibility index (Phi) is 1.44. The minimum Gasteiger partial charge on any atom is -0.207 e. The molecule has 1 aliphatic rings. The minimum absolute atomic E-state index is 0.0341. The maximum Gasteiger partial charge on any atom is 0.127 e. The van der Waals surface area contributed by atoms with E-state index in [9.17, 15) is 4.39 Å². The van der Waals surface area contributed by atoms with Crippen LogP contribution in [0.15, 0.2) is 18.2 Å². The molecule has 0 fully saturated rings. The Hall–Kier alpha value is -0.850. The molecule has 0 amide bonds. The molecule has 0 heterocycles. The van der Waals surface area contributed by atoms with Gasteiger partial charge in [0.2, 0.25) is 0 Å². The number of hydrogen-bond donors (Lipinski definition) is 0. The van der Waals surface area contributed by atoms with Crippen molar-refractivity contribution in [1.29, 1.82) is 0 Å². The summed E-state index contributed by atoms with van der Waals surface area (Å²) in [6.45, 7) is 8.57. The van der Waals surface area contributed by atoms with Crippen molar-refractivity contribution in [2.24, 2.45) is 0 Å². The van der Waals surface area contributed by atoms with Crippen LogP contribution in [0.2, 0.25) is 0 Å². The van der Waals surface area contributed by atoms with Crippen LogP contribution in [-0.2, 0) is 10.8 Å². The smallest absolute Gasteiger partial charge is 0.127 e. The van der Waals surface area contributed by atoms with E-state index in [1.807, 2.05) is 6.07 Å². The highest BCUT2D eigenvalue weighted by Crippen LogP contribution is 2.56. The van der Waals surface area contributed by atoms with Crippen molar-refractivity contribution in [1.82, 2.24) is 0 Å². The molecule has 70 valence electrons. The molecular formula is C12H15F. The van der Waals surface area contributed by atoms with Crippen LogP contribution >= 0.6 is 0 Å². The quantitative estimate of drug-likeness (QED) is 0.571. The molecule has 0 aromatic heterocycles. The first-order chi connectivity index (χ1) is 5.89. The summed E-state index contributed by atoms with van der Waals surface area (Å²) in [5.41, 5.74) is 2.13. The number of halogens is 1. The van der Waals surface area contributed by atoms with E-state index in [0.29, 0.717) is 0 Å². The van der Waals surface area contributed by atoms with Gasteiger partial charge in [0.05, 0.1) is 0 Å². The van der Waals surface area contributed by atoms with Crippen molar-refractivity contribution in [3.05, 3.63) is 35.1 Å². The summed E-state index contributed by atoms with van der Waals surface area (Å²) in [4.78, 5) is 0. The zero-order chi connectivity index (χ0) is 9.85. The van der Waals surface area contributed by atoms with E-state index in [4.69, 9.17) is 0 Å². The van der Waals surface area contributed by atoms with Gasteiger partial charge in [-0.1, -0.05) is 39.8 Å². The number of benzene rings is 1. The zero-order valence-electron chi connectivity index (χ0n) is 8.61. The SMILES string of the molecule is CC1(C)c2cccc(F)c2C1(C)C. The molecule has 1 aromatic rings. The van der Waals surface area contributed by atoms with Gasteiger partial charge in [-0.05, 0) is 22.6 Å². The highest BCUT2D eigenvalue weighted by atomic mass is 19.1. The number of fused-ring (bicyclic) bond motifs is 1. The van der Waals surface area contributed by atoms with Gasteiger partial charge in [-0.25, -0.2) is 4.39 Å². The van der Waals surface area contributed by atoms with E-state index in [0.717, 1.165) is 11.1 Å². The Morgan fingerprint density at radius 2 is 1.62 bits per heavy atom. The summed E-state index contributed by atoms with van der Waals surface area (Å²) in [5, 5.41) is 0. The van der Waals surface area contributed by atoms with Crippen LogP contribution in [0.4, 0.5) is 4.39 Å². The van der Waals surface area contributed by atoms with Crippen molar-refractivity contribution >= 4 is 0 Å². The third-order valence-electron chi connectivity index (χ3n) is 3.87. The molecule has 0 N–H and O–H groups in total. The fraction of sp³-hybridized carbons (Fsp3) is 0.500. The molecule has 0 radical (unpaired) electrons. The predicted molar refractivity (Wildman–Crippen MR) is 52.5 cm³/mol. The molecule has 1 heteroatoms. The van der Waals surface area contributed by atoms with Crippen LogP contribution in [-0.4, -0.2) is 0 Å². The second-order valence-corrected chi connectivity index (χ2v) is 4.91. The Labute approximate surface area is 78.8 Å². The second kappa shape index (κ2) is 2.14. The van der Waals surface area contributed by atoms with Crippen LogP contribution in [0.25, 0.3) is 0 Å². The van der Waals surface area contributed by atoms with Gasteiger partial charge in [0.1, 0.15) is 5.82 Å². The molecule has 2 rings (SSSR count). The van der Waals surface area contributed by atoms with Crippen molar-refractivity contribution in [3.8, 4) is 0 Å². The Morgan fingerprint density at radius 3 is 2.15 bits per heavy atom. The third-order valence-corrected chi connectivity index (χ3v) is 3.87. The molecule has 0 nitrogen and oxygen atoms in total. The first-order valence-corrected chi connectivity index (χ1v) is 4.68. The Morgan fingerprint density at radius 1 is 1.00 bits per heavy atom. The molecule has 13 heavy (non-hydrogen) atoms. The third kappa shape index (κ3) is 0.800. The maximum atomic E-state index is 13.5. The summed E-state index contributed by atoms with van der Waals surface area (Å²) < 4.78 is 13.5. The molecule has 1 aliphatic carbocycles. The number of rotatable bonds is 0. The van der Waals surface area contributed by atoms with Crippen molar-refractivity contribution < 1.29 is 4.39 Å². The van der Waals surface area contributed by atoms with E-state index in [-0.39, 0.29) is 16.6 Å². The normalized spacial score (nSPS) is 21.9. The van der Waals surface area contributed by atoms with Crippen molar-refractivity contribution in [2.45, 2.75) is 38.5 Å². The van der Waals surface area contributed by atoms with Crippen LogP contribution in [0.3, 0.4) is 0 Å². The van der Waals surface area contributed by atoms with Crippen LogP contribution in [0.1, 0.15) is 38.8 Å². The van der Waals surface area contributed by atoms with Gasteiger partial charge in [0, 0.05) is 5.41 Å². The lowest BCUT2D eigenvalue weighted by Crippen LogP contribution is -2.51. The highest BCUT2D eigenvalue weighted by Gasteiger charge is 2.52. The fourth-order valence-corrected chi connectivity index (χ4v) is 2.27. The highest BCUT2D eigenvalue weighted by molar-refractivity contribution is 5.53. The van der Waals surface area contributed by atoms with Crippen molar-refractivity contribution in [3.63, 3.8) is 0 Å². The lowest BCUT2D eigenvalue weighted by molar-refractivity contribution is 0.230. The van der Waals surface area contributed by atoms with Crippen LogP contribution < -0.4 is 0 Å². The molecule has 0 aliphatic heterocycles. The fourth-order valence-electron chi connectivity index (χ4n) is 2.27. The lowest BCUT2D eigenvalue weighted by Gasteiger charge is -2.54. The largest absolute Gasteiger partial charge is 0.207 e. The van der Waals surface area contributed by atoms with Gasteiger partial charge in [0.15, 0.2) is 0 Å². The lowest BCUT2D eigenvalue weighted by atomic mass is 9.49. The molecule has 0 spiro atoms. The van der Waals surface area contributed by atoms with Crippen molar-refractivity contribution in [2.75, 3.05) is 0 Å². The summed E-state index contributed by atoms with van der Waals surface area (Å²) in [6.07, 6.45) is 0. The van der Waals surface area contributed by atoms with E-state index in [1.165, 1.54) is 0 Å². The second-order valence-electron chi connectivity index (χ2n) is 4.91. The first kappa shape index (κ1) is 8.74. The van der Waals surface area contributed by atoms with Crippen LogP contribution in [0.5, 0.6) is 0 Å². The molecule has 0 unspecified atom stereocenters. The Balaban J connectivity index is 2.70. The van der Waals surface area contributed by atoms with Gasteiger partial charge >= 0.3 is 0 Å². The topological polar surface area (TPSA) is 0 Å². The molecule has 1 aromatic carbocycles. The van der Waals surface area contributed by atoms with E-state index < -0.39 is 0 Å². The predicted octanol–water partition coefficient (Wildman–Crippen LogP) is 3.39. The summed E-state index contributed by atoms with van der Waals surface area (Å²) in [6, 6.07) is 5.38. The first-order valence-electron chi connectivity index (χ1n) is 4.68. The van der Waals surface area contributed by atoms with E-state index in [1.54, 1.807) is 12.1 Å². The minimum atomic E-state index is -0.0539. The summed E-state index contributed by atoms with van der Waals surface area (Å²) in [7, 11) is 0. The molecule has 0 saturated heterocycles. The van der Waals surface area contributed by atoms with Gasteiger partial charge in [-0.15, -0.1) is 0 Å². The Bertz CT molecular complexity index is 361. The molecular weight excluding hydrogens is 163 g/mol. The molecule has 0 saturated carbocycles.